The summed E-state index contributed by atoms with van der Waals surface area (Å²) in [6, 6.07) is 20.3. The highest BCUT2D eigenvalue weighted by Crippen LogP contribution is 2.36. The SMILES string of the molecule is COc1ccccc1Oc1nc2c(C)cccn2c(=O)c1/C=C1/SC(=S)N(Cc2ccccc2)C1=O. The first kappa shape index (κ1) is 23.8. The number of amides is 1. The Kier molecular flexibility index (Phi) is 6.58. The molecular weight excluding hydrogens is 494 g/mol. The number of ether oxygens (including phenoxy) is 2. The topological polar surface area (TPSA) is 73.1 Å². The molecule has 3 heterocycles. The molecule has 9 heteroatoms. The lowest BCUT2D eigenvalue weighted by Gasteiger charge is -2.14. The summed E-state index contributed by atoms with van der Waals surface area (Å²) in [5, 5.41) is 0. The van der Waals surface area contributed by atoms with Gasteiger partial charge in [-0.1, -0.05) is 72.5 Å². The number of thiocarbonyl (C=S) groups is 1. The first-order chi connectivity index (χ1) is 17.5. The molecule has 0 atom stereocenters. The monoisotopic (exact) mass is 515 g/mol. The predicted molar refractivity (Wildman–Crippen MR) is 144 cm³/mol. The highest BCUT2D eigenvalue weighted by Gasteiger charge is 2.33. The molecule has 2 aromatic heterocycles. The number of methoxy groups -OCH3 is 1. The number of hydrogen-bond donors (Lipinski definition) is 0. The highest BCUT2D eigenvalue weighted by molar-refractivity contribution is 8.26. The molecule has 1 aliphatic rings. The Morgan fingerprint density at radius 3 is 2.47 bits per heavy atom. The van der Waals surface area contributed by atoms with Crippen molar-refractivity contribution in [1.29, 1.82) is 0 Å². The van der Waals surface area contributed by atoms with Crippen LogP contribution in [0.5, 0.6) is 17.4 Å². The van der Waals surface area contributed by atoms with Crippen LogP contribution in [0, 0.1) is 6.92 Å². The number of nitrogens with zero attached hydrogens (tertiary/aromatic N) is 3. The number of para-hydroxylation sites is 2. The molecule has 5 rings (SSSR count). The van der Waals surface area contributed by atoms with Gasteiger partial charge in [-0.15, -0.1) is 0 Å². The van der Waals surface area contributed by atoms with Gasteiger partial charge < -0.3 is 9.47 Å². The van der Waals surface area contributed by atoms with Crippen LogP contribution in [0.1, 0.15) is 16.7 Å². The van der Waals surface area contributed by atoms with E-state index in [1.54, 1.807) is 30.5 Å². The number of carbonyl (C=O) groups is 1. The van der Waals surface area contributed by atoms with Gasteiger partial charge in [-0.05, 0) is 42.3 Å². The van der Waals surface area contributed by atoms with Crippen molar-refractivity contribution in [3.8, 4) is 17.4 Å². The summed E-state index contributed by atoms with van der Waals surface area (Å²) in [6.07, 6.45) is 3.15. The van der Waals surface area contributed by atoms with Gasteiger partial charge in [0.25, 0.3) is 11.5 Å². The minimum absolute atomic E-state index is 0.0760. The van der Waals surface area contributed by atoms with Gasteiger partial charge in [0.2, 0.25) is 5.88 Å². The van der Waals surface area contributed by atoms with Gasteiger partial charge in [-0.3, -0.25) is 18.9 Å². The lowest BCUT2D eigenvalue weighted by Crippen LogP contribution is -2.27. The second kappa shape index (κ2) is 9.96. The van der Waals surface area contributed by atoms with Crippen molar-refractivity contribution in [2.75, 3.05) is 7.11 Å². The van der Waals surface area contributed by atoms with E-state index >= 15 is 0 Å². The van der Waals surface area contributed by atoms with Crippen molar-refractivity contribution in [1.82, 2.24) is 14.3 Å². The molecular formula is C27H21N3O4S2. The van der Waals surface area contributed by atoms with Gasteiger partial charge in [0.15, 0.2) is 11.5 Å². The first-order valence-electron chi connectivity index (χ1n) is 11.1. The molecule has 180 valence electrons. The third-order valence-electron chi connectivity index (χ3n) is 5.66. The molecule has 0 spiro atoms. The highest BCUT2D eigenvalue weighted by atomic mass is 32.2. The van der Waals surface area contributed by atoms with Crippen molar-refractivity contribution in [2.45, 2.75) is 13.5 Å². The lowest BCUT2D eigenvalue weighted by atomic mass is 10.2. The number of benzene rings is 2. The van der Waals surface area contributed by atoms with E-state index < -0.39 is 0 Å². The number of aromatic nitrogens is 2. The normalized spacial score (nSPS) is 14.6. The van der Waals surface area contributed by atoms with E-state index in [0.29, 0.717) is 32.9 Å². The van der Waals surface area contributed by atoms with E-state index in [-0.39, 0.29) is 22.9 Å². The minimum Gasteiger partial charge on any atom is -0.493 e. The zero-order valence-corrected chi connectivity index (χ0v) is 21.1. The fourth-order valence-electron chi connectivity index (χ4n) is 3.83. The van der Waals surface area contributed by atoms with E-state index in [4.69, 9.17) is 21.7 Å². The van der Waals surface area contributed by atoms with Gasteiger partial charge in [-0.2, -0.15) is 4.98 Å². The van der Waals surface area contributed by atoms with Crippen molar-refractivity contribution >= 4 is 45.9 Å². The van der Waals surface area contributed by atoms with Gasteiger partial charge in [0.05, 0.1) is 18.6 Å². The summed E-state index contributed by atoms with van der Waals surface area (Å²) in [6.45, 7) is 2.21. The number of hydrogen-bond acceptors (Lipinski definition) is 7. The molecule has 0 saturated carbocycles. The van der Waals surface area contributed by atoms with E-state index in [1.165, 1.54) is 22.5 Å². The van der Waals surface area contributed by atoms with Gasteiger partial charge >= 0.3 is 0 Å². The largest absolute Gasteiger partial charge is 0.493 e. The van der Waals surface area contributed by atoms with Gasteiger partial charge in [0, 0.05) is 6.20 Å². The quantitative estimate of drug-likeness (QED) is 0.258. The molecule has 1 aliphatic heterocycles. The van der Waals surface area contributed by atoms with Crippen molar-refractivity contribution in [3.05, 3.63) is 105 Å². The second-order valence-corrected chi connectivity index (χ2v) is 9.70. The Labute approximate surface area is 217 Å². The summed E-state index contributed by atoms with van der Waals surface area (Å²) in [4.78, 5) is 33.4. The second-order valence-electron chi connectivity index (χ2n) is 8.03. The molecule has 0 aliphatic carbocycles. The summed E-state index contributed by atoms with van der Waals surface area (Å²) in [5.41, 5.74) is 2.01. The third kappa shape index (κ3) is 4.50. The number of thioether (sulfide) groups is 1. The van der Waals surface area contributed by atoms with Crippen LogP contribution >= 0.6 is 24.0 Å². The molecule has 0 bridgehead atoms. The summed E-state index contributed by atoms with van der Waals surface area (Å²) >= 11 is 6.64. The summed E-state index contributed by atoms with van der Waals surface area (Å²) in [5.74, 6) is 0.693. The van der Waals surface area contributed by atoms with Crippen LogP contribution in [0.2, 0.25) is 0 Å². The predicted octanol–water partition coefficient (Wildman–Crippen LogP) is 5.21. The van der Waals surface area contributed by atoms with Crippen LogP contribution in [0.25, 0.3) is 11.7 Å². The number of carbonyl (C=O) groups excluding carboxylic acids is 1. The van der Waals surface area contributed by atoms with Crippen LogP contribution in [-0.4, -0.2) is 31.6 Å². The van der Waals surface area contributed by atoms with Gasteiger partial charge in [-0.25, -0.2) is 0 Å². The Morgan fingerprint density at radius 2 is 1.72 bits per heavy atom. The maximum Gasteiger partial charge on any atom is 0.269 e. The molecule has 7 nitrogen and oxygen atoms in total. The number of fused-ring (bicyclic) bond motifs is 1. The fraction of sp³-hybridized carbons (Fsp3) is 0.111. The Bertz CT molecular complexity index is 1580. The number of aryl methyl sites for hydroxylation is 1. The van der Waals surface area contributed by atoms with Crippen molar-refractivity contribution in [3.63, 3.8) is 0 Å². The average Bonchev–Trinajstić information content (AvgIpc) is 3.15. The van der Waals surface area contributed by atoms with Crippen molar-refractivity contribution < 1.29 is 14.3 Å². The van der Waals surface area contributed by atoms with Crippen LogP contribution in [-0.2, 0) is 11.3 Å². The molecule has 1 fully saturated rings. The van der Waals surface area contributed by atoms with E-state index in [2.05, 4.69) is 4.98 Å². The molecule has 2 aromatic carbocycles. The fourth-order valence-corrected chi connectivity index (χ4v) is 5.07. The zero-order chi connectivity index (χ0) is 25.2. The number of pyridine rings is 1. The molecule has 1 saturated heterocycles. The van der Waals surface area contributed by atoms with E-state index in [9.17, 15) is 9.59 Å². The molecule has 4 aromatic rings. The molecule has 1 amide bonds. The van der Waals surface area contributed by atoms with Gasteiger partial charge in [0.1, 0.15) is 15.5 Å². The first-order valence-corrected chi connectivity index (χ1v) is 12.3. The molecule has 0 unspecified atom stereocenters. The Hall–Kier alpha value is -3.95. The average molecular weight is 516 g/mol. The maximum absolute atomic E-state index is 13.6. The van der Waals surface area contributed by atoms with Crippen LogP contribution in [0.3, 0.4) is 0 Å². The Morgan fingerprint density at radius 1 is 1.00 bits per heavy atom. The smallest absolute Gasteiger partial charge is 0.269 e. The standard InChI is InChI=1S/C27H21N3O4S2/c1-17-9-8-14-29-23(17)28-24(34-21-13-7-6-12-20(21)33-2)19(25(29)31)15-22-26(32)30(27(35)36-22)16-18-10-4-3-5-11-18/h3-15H,16H2,1-2H3/b22-15+. The Balaban J connectivity index is 1.61. The summed E-state index contributed by atoms with van der Waals surface area (Å²) in [7, 11) is 1.54. The van der Waals surface area contributed by atoms with Crippen LogP contribution in [0.15, 0.2) is 82.6 Å². The zero-order valence-electron chi connectivity index (χ0n) is 19.5. The third-order valence-corrected chi connectivity index (χ3v) is 7.04. The molecule has 36 heavy (non-hydrogen) atoms. The van der Waals surface area contributed by atoms with E-state index in [0.717, 1.165) is 22.9 Å². The van der Waals surface area contributed by atoms with Crippen molar-refractivity contribution in [2.24, 2.45) is 0 Å². The van der Waals surface area contributed by atoms with E-state index in [1.807, 2.05) is 49.4 Å². The van der Waals surface area contributed by atoms with Crippen LogP contribution < -0.4 is 15.0 Å². The lowest BCUT2D eigenvalue weighted by molar-refractivity contribution is -0.122. The maximum atomic E-state index is 13.6. The number of rotatable bonds is 6. The molecule has 0 N–H and O–H groups in total. The summed E-state index contributed by atoms with van der Waals surface area (Å²) < 4.78 is 13.4. The minimum atomic E-state index is -0.359. The van der Waals surface area contributed by atoms with Crippen LogP contribution in [0.4, 0.5) is 0 Å². The molecule has 0 radical (unpaired) electrons.